The van der Waals surface area contributed by atoms with Gasteiger partial charge in [-0.1, -0.05) is 60.2 Å². The van der Waals surface area contributed by atoms with Crippen molar-refractivity contribution < 1.29 is 23.4 Å². The second kappa shape index (κ2) is 10.6. The number of aryl methyl sites for hydroxylation is 2. The molecule has 4 aromatic carbocycles. The molecule has 0 bridgehead atoms. The van der Waals surface area contributed by atoms with E-state index in [4.69, 9.17) is 24.4 Å². The first-order valence-corrected chi connectivity index (χ1v) is 13.1. The van der Waals surface area contributed by atoms with Gasteiger partial charge < -0.3 is 24.4 Å². The largest absolute Gasteiger partial charge is 0.489 e. The number of benzene rings is 4. The van der Waals surface area contributed by atoms with Crippen LogP contribution in [0.2, 0.25) is 0 Å². The first-order valence-electron chi connectivity index (χ1n) is 13.1. The highest BCUT2D eigenvalue weighted by molar-refractivity contribution is 5.97. The molecular weight excluding hydrogens is 516 g/mol. The van der Waals surface area contributed by atoms with Crippen molar-refractivity contribution in [3.8, 4) is 23.3 Å². The molecule has 0 saturated heterocycles. The Labute approximate surface area is 237 Å². The van der Waals surface area contributed by atoms with Gasteiger partial charge in [-0.15, -0.1) is 0 Å². The highest BCUT2D eigenvalue weighted by Crippen LogP contribution is 2.44. The van der Waals surface area contributed by atoms with Crippen molar-refractivity contribution in [3.05, 3.63) is 136 Å². The third kappa shape index (κ3) is 4.99. The number of furan rings is 1. The van der Waals surface area contributed by atoms with Crippen LogP contribution in [0, 0.1) is 25.2 Å². The molecule has 1 aliphatic rings. The third-order valence-electron chi connectivity index (χ3n) is 7.14. The van der Waals surface area contributed by atoms with Gasteiger partial charge in [-0.3, -0.25) is 0 Å². The lowest BCUT2D eigenvalue weighted by Gasteiger charge is -2.26. The van der Waals surface area contributed by atoms with Gasteiger partial charge in [-0.05, 0) is 55.3 Å². The molecule has 6 rings (SSSR count). The van der Waals surface area contributed by atoms with E-state index in [1.54, 1.807) is 18.2 Å². The Hall–Kier alpha value is -5.48. The lowest BCUT2D eigenvalue weighted by atomic mass is 9.83. The Bertz CT molecular complexity index is 1850. The van der Waals surface area contributed by atoms with Crippen molar-refractivity contribution >= 4 is 16.9 Å². The minimum atomic E-state index is -0.615. The number of rotatable bonds is 6. The molecule has 1 unspecified atom stereocenters. The molecule has 7 nitrogen and oxygen atoms in total. The van der Waals surface area contributed by atoms with E-state index in [1.165, 1.54) is 0 Å². The van der Waals surface area contributed by atoms with Crippen LogP contribution in [0.25, 0.3) is 11.0 Å². The topological polar surface area (TPSA) is 108 Å². The Morgan fingerprint density at radius 2 is 1.71 bits per heavy atom. The summed E-state index contributed by atoms with van der Waals surface area (Å²) in [6.07, 6.45) is 0. The van der Waals surface area contributed by atoms with Crippen LogP contribution in [0.5, 0.6) is 17.2 Å². The summed E-state index contributed by atoms with van der Waals surface area (Å²) in [6.45, 7) is 4.26. The average Bonchev–Trinajstić information content (AvgIpc) is 3.31. The molecule has 5 aromatic rings. The molecule has 0 aliphatic carbocycles. The number of fused-ring (bicyclic) bond motifs is 2. The van der Waals surface area contributed by atoms with E-state index in [0.717, 1.165) is 27.6 Å². The molecule has 0 fully saturated rings. The minimum absolute atomic E-state index is 0.00128. The zero-order valence-corrected chi connectivity index (χ0v) is 22.5. The predicted octanol–water partition coefficient (Wildman–Crippen LogP) is 7.07. The second-order valence-electron chi connectivity index (χ2n) is 9.91. The number of esters is 1. The highest BCUT2D eigenvalue weighted by atomic mass is 16.5. The van der Waals surface area contributed by atoms with Crippen LogP contribution in [0.1, 0.15) is 44.3 Å². The van der Waals surface area contributed by atoms with Crippen molar-refractivity contribution in [1.82, 2.24) is 0 Å². The molecule has 2 N–H and O–H groups in total. The zero-order valence-electron chi connectivity index (χ0n) is 22.5. The van der Waals surface area contributed by atoms with Crippen LogP contribution in [0.4, 0.5) is 0 Å². The summed E-state index contributed by atoms with van der Waals surface area (Å²) in [4.78, 5) is 13.0. The molecule has 0 spiro atoms. The van der Waals surface area contributed by atoms with Crippen LogP contribution in [-0.2, 0) is 6.61 Å². The van der Waals surface area contributed by atoms with Crippen LogP contribution in [-0.4, -0.2) is 5.97 Å². The van der Waals surface area contributed by atoms with Crippen molar-refractivity contribution in [1.29, 1.82) is 5.26 Å². The lowest BCUT2D eigenvalue weighted by molar-refractivity contribution is 0.0702. The number of carbonyl (C=O) groups is 1. The van der Waals surface area contributed by atoms with Gasteiger partial charge in [0.25, 0.3) is 0 Å². The van der Waals surface area contributed by atoms with E-state index >= 15 is 0 Å². The zero-order chi connectivity index (χ0) is 28.5. The molecular formula is C34H26N2O5. The Kier molecular flexibility index (Phi) is 6.66. The van der Waals surface area contributed by atoms with Crippen molar-refractivity contribution in [2.75, 3.05) is 0 Å². The van der Waals surface area contributed by atoms with E-state index in [2.05, 4.69) is 6.07 Å². The summed E-state index contributed by atoms with van der Waals surface area (Å²) in [7, 11) is 0. The molecule has 1 aliphatic heterocycles. The molecule has 2 heterocycles. The summed E-state index contributed by atoms with van der Waals surface area (Å²) in [6, 6.07) is 30.4. The number of allylic oxidation sites excluding steroid dienone is 1. The van der Waals surface area contributed by atoms with Crippen LogP contribution in [0.15, 0.2) is 107 Å². The van der Waals surface area contributed by atoms with Gasteiger partial charge in [0.1, 0.15) is 41.1 Å². The van der Waals surface area contributed by atoms with Crippen LogP contribution >= 0.6 is 0 Å². The molecule has 1 atom stereocenters. The molecule has 7 heteroatoms. The predicted molar refractivity (Wildman–Crippen MR) is 154 cm³/mol. The van der Waals surface area contributed by atoms with E-state index in [1.807, 2.05) is 86.6 Å². The molecule has 0 amide bonds. The molecule has 0 radical (unpaired) electrons. The number of ether oxygens (including phenoxy) is 3. The number of nitrogens with zero attached hydrogens (tertiary/aromatic N) is 1. The summed E-state index contributed by atoms with van der Waals surface area (Å²) < 4.78 is 23.2. The van der Waals surface area contributed by atoms with Gasteiger partial charge >= 0.3 is 5.97 Å². The monoisotopic (exact) mass is 542 g/mol. The fraction of sp³-hybridized carbons (Fsp3) is 0.118. The van der Waals surface area contributed by atoms with Gasteiger partial charge in [-0.2, -0.15) is 5.26 Å². The fourth-order valence-electron chi connectivity index (χ4n) is 5.02. The average molecular weight is 543 g/mol. The number of nitrogens with two attached hydrogens (primary N) is 1. The SMILES string of the molecule is Cc1ccc2oc(C(=O)Oc3ccc4c(c3)OC(N)=C(C#N)C4c3ccc(OCc4ccccc4)cc3)c(C)c2c1. The first-order chi connectivity index (χ1) is 19.9. The van der Waals surface area contributed by atoms with Gasteiger partial charge in [0.15, 0.2) is 0 Å². The smallest absolute Gasteiger partial charge is 0.379 e. The second-order valence-corrected chi connectivity index (χ2v) is 9.91. The lowest BCUT2D eigenvalue weighted by Crippen LogP contribution is -2.21. The maximum absolute atomic E-state index is 13.0. The van der Waals surface area contributed by atoms with Gasteiger partial charge in [-0.25, -0.2) is 4.79 Å². The Morgan fingerprint density at radius 1 is 0.951 bits per heavy atom. The van der Waals surface area contributed by atoms with Crippen molar-refractivity contribution in [2.24, 2.45) is 5.73 Å². The minimum Gasteiger partial charge on any atom is -0.489 e. The molecule has 202 valence electrons. The van der Waals surface area contributed by atoms with Crippen molar-refractivity contribution in [2.45, 2.75) is 26.4 Å². The van der Waals surface area contributed by atoms with Gasteiger partial charge in [0.2, 0.25) is 11.6 Å². The quantitative estimate of drug-likeness (QED) is 0.181. The first kappa shape index (κ1) is 25.8. The standard InChI is InChI=1S/C34H26N2O5/c1-20-8-15-29-27(16-20)21(2)32(40-29)34(37)39-25-13-14-26-30(17-25)41-33(36)28(18-35)31(26)23-9-11-24(12-10-23)38-19-22-6-4-3-5-7-22/h3-17,31H,19,36H2,1-2H3. The van der Waals surface area contributed by atoms with Crippen LogP contribution < -0.4 is 19.9 Å². The third-order valence-corrected chi connectivity index (χ3v) is 7.14. The number of hydrogen-bond donors (Lipinski definition) is 1. The van der Waals surface area contributed by atoms with E-state index in [9.17, 15) is 10.1 Å². The number of nitriles is 1. The molecule has 1 aromatic heterocycles. The Balaban J connectivity index is 1.25. The number of carbonyl (C=O) groups excluding carboxylic acids is 1. The van der Waals surface area contributed by atoms with Gasteiger partial charge in [0, 0.05) is 22.6 Å². The molecule has 41 heavy (non-hydrogen) atoms. The maximum Gasteiger partial charge on any atom is 0.379 e. The van der Waals surface area contributed by atoms with E-state index < -0.39 is 11.9 Å². The van der Waals surface area contributed by atoms with Crippen molar-refractivity contribution in [3.63, 3.8) is 0 Å². The number of hydrogen-bond acceptors (Lipinski definition) is 7. The molecule has 0 saturated carbocycles. The summed E-state index contributed by atoms with van der Waals surface area (Å²) in [5.74, 6) is 0.441. The summed E-state index contributed by atoms with van der Waals surface area (Å²) >= 11 is 0. The summed E-state index contributed by atoms with van der Waals surface area (Å²) in [5.41, 5.74) is 11.5. The van der Waals surface area contributed by atoms with Gasteiger partial charge in [0.05, 0.1) is 5.92 Å². The Morgan fingerprint density at radius 3 is 2.46 bits per heavy atom. The normalized spacial score (nSPS) is 14.2. The highest BCUT2D eigenvalue weighted by Gasteiger charge is 2.31. The van der Waals surface area contributed by atoms with E-state index in [0.29, 0.717) is 34.8 Å². The summed E-state index contributed by atoms with van der Waals surface area (Å²) in [5, 5.41) is 10.8. The maximum atomic E-state index is 13.0. The van der Waals surface area contributed by atoms with E-state index in [-0.39, 0.29) is 17.4 Å². The fourth-order valence-corrected chi connectivity index (χ4v) is 5.02. The van der Waals surface area contributed by atoms with Crippen LogP contribution in [0.3, 0.4) is 0 Å².